The Labute approximate surface area is 99.4 Å². The lowest BCUT2D eigenvalue weighted by Gasteiger charge is -2.01. The second kappa shape index (κ2) is 3.46. The summed E-state index contributed by atoms with van der Waals surface area (Å²) in [6.45, 7) is 0. The lowest BCUT2D eigenvalue weighted by Crippen LogP contribution is -1.97. The number of rotatable bonds is 1. The van der Waals surface area contributed by atoms with Crippen LogP contribution in [0, 0.1) is 0 Å². The maximum absolute atomic E-state index is 11.7. The minimum absolute atomic E-state index is 0.357. The topological polar surface area (TPSA) is 78.3 Å². The molecule has 6 heteroatoms. The molecular weight excluding hydrogens is 240 g/mol. The third-order valence-electron chi connectivity index (χ3n) is 2.48. The quantitative estimate of drug-likeness (QED) is 0.666. The summed E-state index contributed by atoms with van der Waals surface area (Å²) in [6, 6.07) is 5.25. The molecule has 2 N–H and O–H groups in total. The number of thiazole rings is 1. The number of benzene rings is 1. The average molecular weight is 248 g/mol. The molecule has 2 aromatic heterocycles. The molecule has 0 saturated carbocycles. The zero-order valence-corrected chi connectivity index (χ0v) is 9.71. The Morgan fingerprint density at radius 2 is 2.29 bits per heavy atom. The van der Waals surface area contributed by atoms with Gasteiger partial charge in [-0.1, -0.05) is 11.3 Å². The highest BCUT2D eigenvalue weighted by molar-refractivity contribution is 7.22. The number of anilines is 1. The van der Waals surface area contributed by atoms with Crippen LogP contribution in [0.1, 0.15) is 0 Å². The molecule has 5 nitrogen and oxygen atoms in total. The van der Waals surface area contributed by atoms with Gasteiger partial charge in [0.25, 0.3) is 0 Å². The zero-order chi connectivity index (χ0) is 12.0. The molecule has 0 fully saturated rings. The van der Waals surface area contributed by atoms with E-state index in [9.17, 15) is 4.79 Å². The predicted molar refractivity (Wildman–Crippen MR) is 66.6 cm³/mol. The fraction of sp³-hybridized carbons (Fsp3) is 0.0909. The molecule has 0 saturated heterocycles. The van der Waals surface area contributed by atoms with Crippen LogP contribution in [0.3, 0.4) is 0 Å². The van der Waals surface area contributed by atoms with Gasteiger partial charge in [0.2, 0.25) is 0 Å². The molecule has 0 radical (unpaired) electrons. The van der Waals surface area contributed by atoms with Crippen molar-refractivity contribution in [3.05, 3.63) is 28.6 Å². The molecule has 3 rings (SSSR count). The van der Waals surface area contributed by atoms with Crippen molar-refractivity contribution in [2.75, 3.05) is 12.8 Å². The third kappa shape index (κ3) is 1.45. The lowest BCUT2D eigenvalue weighted by molar-refractivity contribution is 0.414. The number of hydrogen-bond donors (Lipinski definition) is 1. The van der Waals surface area contributed by atoms with Crippen molar-refractivity contribution in [2.24, 2.45) is 0 Å². The molecule has 17 heavy (non-hydrogen) atoms. The maximum Gasteiger partial charge on any atom is 0.356 e. The Morgan fingerprint density at radius 3 is 3.06 bits per heavy atom. The predicted octanol–water partition coefficient (Wildman–Crippen LogP) is 1.99. The van der Waals surface area contributed by atoms with E-state index >= 15 is 0 Å². The smallest absolute Gasteiger partial charge is 0.356 e. The molecule has 0 aliphatic heterocycles. The number of hydrogen-bond acceptors (Lipinski definition) is 6. The van der Waals surface area contributed by atoms with Crippen molar-refractivity contribution in [2.45, 2.75) is 0 Å². The molecule has 0 atom stereocenters. The van der Waals surface area contributed by atoms with Crippen LogP contribution in [0.25, 0.3) is 21.2 Å². The van der Waals surface area contributed by atoms with Crippen molar-refractivity contribution in [3.8, 4) is 5.75 Å². The van der Waals surface area contributed by atoms with E-state index < -0.39 is 5.63 Å². The van der Waals surface area contributed by atoms with E-state index in [0.29, 0.717) is 26.7 Å². The van der Waals surface area contributed by atoms with Crippen LogP contribution in [-0.2, 0) is 0 Å². The van der Waals surface area contributed by atoms with E-state index in [4.69, 9.17) is 14.9 Å². The van der Waals surface area contributed by atoms with Gasteiger partial charge in [0, 0.05) is 11.5 Å². The summed E-state index contributed by atoms with van der Waals surface area (Å²) < 4.78 is 10.7. The third-order valence-corrected chi connectivity index (χ3v) is 3.34. The van der Waals surface area contributed by atoms with E-state index in [-0.39, 0.29) is 0 Å². The van der Waals surface area contributed by atoms with Gasteiger partial charge < -0.3 is 14.9 Å². The van der Waals surface area contributed by atoms with Gasteiger partial charge in [0.1, 0.15) is 21.5 Å². The second-order valence-electron chi connectivity index (χ2n) is 3.48. The fourth-order valence-corrected chi connectivity index (χ4v) is 2.44. The van der Waals surface area contributed by atoms with Crippen molar-refractivity contribution in [1.82, 2.24) is 4.98 Å². The van der Waals surface area contributed by atoms with E-state index in [0.717, 1.165) is 16.7 Å². The Balaban J connectivity index is 2.52. The molecule has 0 amide bonds. The molecule has 3 aromatic rings. The van der Waals surface area contributed by atoms with Crippen molar-refractivity contribution in [1.29, 1.82) is 0 Å². The number of methoxy groups -OCH3 is 1. The minimum Gasteiger partial charge on any atom is -0.497 e. The molecule has 0 spiro atoms. The Morgan fingerprint density at radius 1 is 1.47 bits per heavy atom. The van der Waals surface area contributed by atoms with E-state index in [1.165, 1.54) is 0 Å². The largest absolute Gasteiger partial charge is 0.497 e. The van der Waals surface area contributed by atoms with Gasteiger partial charge in [-0.2, -0.15) is 0 Å². The lowest BCUT2D eigenvalue weighted by atomic mass is 10.2. The first-order valence-corrected chi connectivity index (χ1v) is 5.67. The number of nitrogens with two attached hydrogens (primary N) is 1. The number of nitrogens with zero attached hydrogens (tertiary/aromatic N) is 1. The first-order chi connectivity index (χ1) is 8.19. The number of fused-ring (bicyclic) bond motifs is 3. The normalized spacial score (nSPS) is 11.1. The number of aromatic nitrogens is 1. The van der Waals surface area contributed by atoms with Crippen molar-refractivity contribution < 1.29 is 9.15 Å². The van der Waals surface area contributed by atoms with Gasteiger partial charge in [0.05, 0.1) is 7.11 Å². The van der Waals surface area contributed by atoms with Crippen LogP contribution in [0.2, 0.25) is 0 Å². The fourth-order valence-electron chi connectivity index (χ4n) is 1.71. The second-order valence-corrected chi connectivity index (χ2v) is 4.51. The van der Waals surface area contributed by atoms with Gasteiger partial charge in [-0.3, -0.25) is 0 Å². The number of ether oxygens (including phenoxy) is 1. The molecule has 0 bridgehead atoms. The highest BCUT2D eigenvalue weighted by atomic mass is 32.1. The monoisotopic (exact) mass is 248 g/mol. The van der Waals surface area contributed by atoms with Crippen LogP contribution in [0.4, 0.5) is 5.13 Å². The van der Waals surface area contributed by atoms with E-state index in [2.05, 4.69) is 4.98 Å². The minimum atomic E-state index is -0.421. The summed E-state index contributed by atoms with van der Waals surface area (Å²) >= 11 is 1.13. The number of nitrogen functional groups attached to an aromatic ring is 1. The first-order valence-electron chi connectivity index (χ1n) is 4.86. The van der Waals surface area contributed by atoms with Crippen LogP contribution in [-0.4, -0.2) is 12.1 Å². The van der Waals surface area contributed by atoms with E-state index in [1.54, 1.807) is 25.3 Å². The summed E-state index contributed by atoms with van der Waals surface area (Å²) in [7, 11) is 1.55. The molecule has 0 aliphatic carbocycles. The van der Waals surface area contributed by atoms with Crippen molar-refractivity contribution >= 4 is 37.7 Å². The van der Waals surface area contributed by atoms with Gasteiger partial charge in [0.15, 0.2) is 5.13 Å². The molecular formula is C11H8N2O3S. The van der Waals surface area contributed by atoms with Crippen LogP contribution < -0.4 is 16.1 Å². The summed E-state index contributed by atoms with van der Waals surface area (Å²) in [5.74, 6) is 0.628. The molecule has 2 heterocycles. The van der Waals surface area contributed by atoms with Gasteiger partial charge in [-0.15, -0.1) is 0 Å². The summed E-state index contributed by atoms with van der Waals surface area (Å²) in [4.78, 5) is 15.9. The van der Waals surface area contributed by atoms with Crippen LogP contribution in [0.15, 0.2) is 27.4 Å². The standard InChI is InChI=1S/C11H8N2O3S/c1-15-5-2-3-6-7(4-5)16-10(14)9-8(6)13-11(12)17-9/h2-4H,1H3,(H2,12,13). The van der Waals surface area contributed by atoms with Crippen LogP contribution >= 0.6 is 11.3 Å². The molecule has 1 aromatic carbocycles. The SMILES string of the molecule is COc1ccc2c(c1)oc(=O)c1sc(N)nc12. The maximum atomic E-state index is 11.7. The molecule has 0 unspecified atom stereocenters. The van der Waals surface area contributed by atoms with E-state index in [1.807, 2.05) is 0 Å². The highest BCUT2D eigenvalue weighted by Crippen LogP contribution is 2.29. The van der Waals surface area contributed by atoms with Gasteiger partial charge >= 0.3 is 5.63 Å². The Bertz CT molecular complexity index is 775. The molecule has 86 valence electrons. The summed E-state index contributed by atoms with van der Waals surface area (Å²) in [5, 5.41) is 1.11. The van der Waals surface area contributed by atoms with Gasteiger partial charge in [-0.25, -0.2) is 9.78 Å². The van der Waals surface area contributed by atoms with Gasteiger partial charge in [-0.05, 0) is 12.1 Å². The summed E-state index contributed by atoms with van der Waals surface area (Å²) in [6.07, 6.45) is 0. The average Bonchev–Trinajstić information content (AvgIpc) is 2.71. The Hall–Kier alpha value is -2.08. The van der Waals surface area contributed by atoms with Crippen LogP contribution in [0.5, 0.6) is 5.75 Å². The Kier molecular flexibility index (Phi) is 2.05. The highest BCUT2D eigenvalue weighted by Gasteiger charge is 2.12. The zero-order valence-electron chi connectivity index (χ0n) is 8.89. The van der Waals surface area contributed by atoms with Crippen molar-refractivity contribution in [3.63, 3.8) is 0 Å². The molecule has 0 aliphatic rings. The first kappa shape index (κ1) is 10.1. The summed E-state index contributed by atoms with van der Waals surface area (Å²) in [5.41, 5.74) is 6.22.